The second-order valence-corrected chi connectivity index (χ2v) is 6.11. The smallest absolute Gasteiger partial charge is 0.120 e. The summed E-state index contributed by atoms with van der Waals surface area (Å²) in [4.78, 5) is 0. The Labute approximate surface area is 116 Å². The van der Waals surface area contributed by atoms with Crippen molar-refractivity contribution in [3.63, 3.8) is 0 Å². The molecule has 0 saturated heterocycles. The lowest BCUT2D eigenvalue weighted by atomic mass is 9.92. The van der Waals surface area contributed by atoms with Gasteiger partial charge in [0.2, 0.25) is 0 Å². The number of aryl methyl sites for hydroxylation is 2. The zero-order valence-corrected chi connectivity index (χ0v) is 12.0. The van der Waals surface area contributed by atoms with E-state index in [4.69, 9.17) is 4.74 Å². The van der Waals surface area contributed by atoms with Crippen LogP contribution in [0.5, 0.6) is 5.75 Å². The molecule has 1 fully saturated rings. The van der Waals surface area contributed by atoms with Crippen LogP contribution in [0.1, 0.15) is 43.2 Å². The Morgan fingerprint density at radius 1 is 1.16 bits per heavy atom. The molecule has 0 spiro atoms. The zero-order chi connectivity index (χ0) is 13.1. The maximum absolute atomic E-state index is 6.19. The Balaban J connectivity index is 1.61. The van der Waals surface area contributed by atoms with Crippen LogP contribution in [0.25, 0.3) is 0 Å². The van der Waals surface area contributed by atoms with Crippen LogP contribution in [0.15, 0.2) is 18.2 Å². The predicted octanol–water partition coefficient (Wildman–Crippen LogP) is 3.33. The minimum atomic E-state index is 0.431. The molecule has 19 heavy (non-hydrogen) atoms. The molecule has 104 valence electrons. The highest BCUT2D eigenvalue weighted by atomic mass is 16.5. The standard InChI is InChI=1S/C17H25NO/c1-18-12-13-6-8-16(10-13)19-17-9-7-14-4-2-3-5-15(14)11-17/h7,9,11,13,16,18H,2-6,8,10,12H2,1H3. The molecule has 1 aromatic rings. The maximum Gasteiger partial charge on any atom is 0.120 e. The van der Waals surface area contributed by atoms with Gasteiger partial charge >= 0.3 is 0 Å². The Morgan fingerprint density at radius 3 is 2.84 bits per heavy atom. The topological polar surface area (TPSA) is 21.3 Å². The van der Waals surface area contributed by atoms with Gasteiger partial charge in [-0.25, -0.2) is 0 Å². The van der Waals surface area contributed by atoms with E-state index in [1.165, 1.54) is 56.1 Å². The van der Waals surface area contributed by atoms with Crippen LogP contribution in [0.2, 0.25) is 0 Å². The first-order chi connectivity index (χ1) is 9.35. The summed E-state index contributed by atoms with van der Waals surface area (Å²) in [5, 5.41) is 3.28. The molecule has 0 amide bonds. The quantitative estimate of drug-likeness (QED) is 0.895. The lowest BCUT2D eigenvalue weighted by Crippen LogP contribution is -2.18. The third-order valence-electron chi connectivity index (χ3n) is 4.61. The van der Waals surface area contributed by atoms with Crippen LogP contribution in [0.3, 0.4) is 0 Å². The monoisotopic (exact) mass is 259 g/mol. The van der Waals surface area contributed by atoms with Gasteiger partial charge in [-0.3, -0.25) is 0 Å². The predicted molar refractivity (Wildman–Crippen MR) is 78.8 cm³/mol. The van der Waals surface area contributed by atoms with Crippen LogP contribution in [0, 0.1) is 5.92 Å². The normalized spacial score (nSPS) is 26.2. The van der Waals surface area contributed by atoms with E-state index < -0.39 is 0 Å². The number of hydrogen-bond donors (Lipinski definition) is 1. The fourth-order valence-corrected chi connectivity index (χ4v) is 3.59. The molecule has 0 heterocycles. The van der Waals surface area contributed by atoms with E-state index in [0.717, 1.165) is 18.2 Å². The van der Waals surface area contributed by atoms with E-state index in [1.807, 2.05) is 7.05 Å². The molecule has 2 heteroatoms. The Kier molecular flexibility index (Phi) is 4.07. The number of fused-ring (bicyclic) bond motifs is 1. The Hall–Kier alpha value is -1.02. The fraction of sp³-hybridized carbons (Fsp3) is 0.647. The first-order valence-electron chi connectivity index (χ1n) is 7.78. The molecule has 2 unspecified atom stereocenters. The molecule has 3 rings (SSSR count). The summed E-state index contributed by atoms with van der Waals surface area (Å²) < 4.78 is 6.19. The highest BCUT2D eigenvalue weighted by Gasteiger charge is 2.25. The molecule has 0 aromatic heterocycles. The highest BCUT2D eigenvalue weighted by Crippen LogP contribution is 2.31. The van der Waals surface area contributed by atoms with Gasteiger partial charge in [-0.15, -0.1) is 0 Å². The van der Waals surface area contributed by atoms with Gasteiger partial charge in [0.25, 0.3) is 0 Å². The van der Waals surface area contributed by atoms with Crippen LogP contribution >= 0.6 is 0 Å². The Bertz CT molecular complexity index is 429. The fourth-order valence-electron chi connectivity index (χ4n) is 3.59. The summed E-state index contributed by atoms with van der Waals surface area (Å²) in [6, 6.07) is 6.75. The van der Waals surface area contributed by atoms with E-state index >= 15 is 0 Å². The Morgan fingerprint density at radius 2 is 2.00 bits per heavy atom. The molecule has 2 aliphatic carbocycles. The molecular formula is C17H25NO. The second kappa shape index (κ2) is 5.96. The maximum atomic E-state index is 6.19. The van der Waals surface area contributed by atoms with Gasteiger partial charge in [0.15, 0.2) is 0 Å². The van der Waals surface area contributed by atoms with Crippen molar-refractivity contribution < 1.29 is 4.74 Å². The van der Waals surface area contributed by atoms with Gasteiger partial charge in [-0.05, 0) is 87.7 Å². The lowest BCUT2D eigenvalue weighted by Gasteiger charge is -2.19. The molecule has 0 radical (unpaired) electrons. The first-order valence-corrected chi connectivity index (χ1v) is 7.78. The largest absolute Gasteiger partial charge is 0.490 e. The van der Waals surface area contributed by atoms with Crippen LogP contribution in [-0.4, -0.2) is 19.7 Å². The van der Waals surface area contributed by atoms with Crippen molar-refractivity contribution in [2.24, 2.45) is 5.92 Å². The molecule has 0 aliphatic heterocycles. The van der Waals surface area contributed by atoms with Gasteiger partial charge in [-0.2, -0.15) is 0 Å². The summed E-state index contributed by atoms with van der Waals surface area (Å²) in [5.74, 6) is 1.89. The minimum absolute atomic E-state index is 0.431. The summed E-state index contributed by atoms with van der Waals surface area (Å²) in [5.41, 5.74) is 3.06. The molecular weight excluding hydrogens is 234 g/mol. The molecule has 1 saturated carbocycles. The molecule has 2 aliphatic rings. The van der Waals surface area contributed by atoms with Crippen molar-refractivity contribution in [1.29, 1.82) is 0 Å². The van der Waals surface area contributed by atoms with Crippen LogP contribution in [0.4, 0.5) is 0 Å². The number of rotatable bonds is 4. The summed E-state index contributed by atoms with van der Waals surface area (Å²) >= 11 is 0. The minimum Gasteiger partial charge on any atom is -0.490 e. The van der Waals surface area contributed by atoms with E-state index in [0.29, 0.717) is 6.10 Å². The van der Waals surface area contributed by atoms with Crippen molar-refractivity contribution >= 4 is 0 Å². The average molecular weight is 259 g/mol. The molecule has 1 N–H and O–H groups in total. The summed E-state index contributed by atoms with van der Waals surface area (Å²) in [6.45, 7) is 1.13. The van der Waals surface area contributed by atoms with E-state index in [9.17, 15) is 0 Å². The zero-order valence-electron chi connectivity index (χ0n) is 12.0. The highest BCUT2D eigenvalue weighted by molar-refractivity contribution is 5.37. The van der Waals surface area contributed by atoms with E-state index in [-0.39, 0.29) is 0 Å². The van der Waals surface area contributed by atoms with Gasteiger partial charge in [-0.1, -0.05) is 6.07 Å². The van der Waals surface area contributed by atoms with Crippen LogP contribution < -0.4 is 10.1 Å². The van der Waals surface area contributed by atoms with Crippen LogP contribution in [-0.2, 0) is 12.8 Å². The van der Waals surface area contributed by atoms with E-state index in [2.05, 4.69) is 23.5 Å². The number of nitrogens with one attached hydrogen (secondary N) is 1. The van der Waals surface area contributed by atoms with Crippen molar-refractivity contribution in [2.75, 3.05) is 13.6 Å². The summed E-state index contributed by atoms with van der Waals surface area (Å²) in [7, 11) is 2.04. The molecule has 2 atom stereocenters. The van der Waals surface area contributed by atoms with Gasteiger partial charge < -0.3 is 10.1 Å². The van der Waals surface area contributed by atoms with Gasteiger partial charge in [0.05, 0.1) is 6.10 Å². The molecule has 1 aromatic carbocycles. The van der Waals surface area contributed by atoms with Gasteiger partial charge in [0.1, 0.15) is 5.75 Å². The van der Waals surface area contributed by atoms with Gasteiger partial charge in [0, 0.05) is 0 Å². The number of hydrogen-bond acceptors (Lipinski definition) is 2. The van der Waals surface area contributed by atoms with Crippen molar-refractivity contribution in [2.45, 2.75) is 51.0 Å². The molecule has 0 bridgehead atoms. The SMILES string of the molecule is CNCC1CCC(Oc2ccc3c(c2)CCCC3)C1. The van der Waals surface area contributed by atoms with E-state index in [1.54, 1.807) is 0 Å². The lowest BCUT2D eigenvalue weighted by molar-refractivity contribution is 0.204. The summed E-state index contributed by atoms with van der Waals surface area (Å²) in [6.07, 6.45) is 9.33. The van der Waals surface area contributed by atoms with Crippen molar-refractivity contribution in [3.8, 4) is 5.75 Å². The van der Waals surface area contributed by atoms with Crippen molar-refractivity contribution in [3.05, 3.63) is 29.3 Å². The van der Waals surface area contributed by atoms with Crippen molar-refractivity contribution in [1.82, 2.24) is 5.32 Å². The third-order valence-corrected chi connectivity index (χ3v) is 4.61. The number of benzene rings is 1. The third kappa shape index (κ3) is 3.11. The molecule has 2 nitrogen and oxygen atoms in total. The average Bonchev–Trinajstić information content (AvgIpc) is 2.86. The second-order valence-electron chi connectivity index (χ2n) is 6.11. The number of ether oxygens (including phenoxy) is 1. The first kappa shape index (κ1) is 13.0.